The summed E-state index contributed by atoms with van der Waals surface area (Å²) < 4.78 is 0. The maximum absolute atomic E-state index is 8.82. The highest BCUT2D eigenvalue weighted by Gasteiger charge is 2.12. The smallest absolute Gasteiger partial charge is 0.168 e. The summed E-state index contributed by atoms with van der Waals surface area (Å²) >= 11 is 0. The molecule has 1 aromatic rings. The second-order valence-corrected chi connectivity index (χ2v) is 4.18. The molecule has 0 fully saturated rings. The molecule has 0 spiro atoms. The lowest BCUT2D eigenvalue weighted by atomic mass is 9.93. The fourth-order valence-corrected chi connectivity index (χ4v) is 1.91. The first kappa shape index (κ1) is 12.1. The van der Waals surface area contributed by atoms with Crippen LogP contribution in [0, 0.1) is 0 Å². The van der Waals surface area contributed by atoms with E-state index in [-0.39, 0.29) is 0 Å². The zero-order chi connectivity index (χ0) is 11.3. The summed E-state index contributed by atoms with van der Waals surface area (Å²) in [6.45, 7) is 6.42. The number of rotatable bonds is 5. The van der Waals surface area contributed by atoms with Crippen LogP contribution in [0.5, 0.6) is 5.75 Å². The van der Waals surface area contributed by atoms with Crippen LogP contribution in [0.15, 0.2) is 18.2 Å². The number of aryl methyl sites for hydroxylation is 1. The van der Waals surface area contributed by atoms with E-state index in [4.69, 9.17) is 5.26 Å². The van der Waals surface area contributed by atoms with Crippen molar-refractivity contribution in [2.24, 2.45) is 0 Å². The Bertz CT molecular complexity index is 305. The van der Waals surface area contributed by atoms with Gasteiger partial charge in [-0.05, 0) is 30.4 Å². The molecule has 1 N–H and O–H groups in total. The third kappa shape index (κ3) is 2.96. The normalized spacial score (nSPS) is 10.7. The van der Waals surface area contributed by atoms with E-state index in [9.17, 15) is 0 Å². The Kier molecular flexibility index (Phi) is 4.63. The molecule has 0 aliphatic rings. The Labute approximate surface area is 91.8 Å². The highest BCUT2D eigenvalue weighted by Crippen LogP contribution is 2.30. The molecule has 0 aliphatic heterocycles. The average Bonchev–Trinajstić information content (AvgIpc) is 2.25. The molecule has 0 heterocycles. The predicted molar refractivity (Wildman–Crippen MR) is 62.4 cm³/mol. The molecule has 15 heavy (non-hydrogen) atoms. The van der Waals surface area contributed by atoms with Crippen molar-refractivity contribution in [2.45, 2.75) is 46.0 Å². The Morgan fingerprint density at radius 1 is 1.33 bits per heavy atom. The van der Waals surface area contributed by atoms with Gasteiger partial charge in [0.2, 0.25) is 0 Å². The van der Waals surface area contributed by atoms with Crippen molar-refractivity contribution >= 4 is 0 Å². The van der Waals surface area contributed by atoms with Gasteiger partial charge in [-0.2, -0.15) is 0 Å². The highest BCUT2D eigenvalue weighted by atomic mass is 17.1. The second kappa shape index (κ2) is 5.76. The number of unbranched alkanes of at least 4 members (excludes halogenated alkanes) is 1. The van der Waals surface area contributed by atoms with Crippen LogP contribution in [-0.4, -0.2) is 5.26 Å². The SMILES string of the molecule is CCCCc1cccc(OO)c1C(C)C. The molecule has 0 aliphatic carbocycles. The van der Waals surface area contributed by atoms with E-state index in [1.807, 2.05) is 12.1 Å². The van der Waals surface area contributed by atoms with E-state index < -0.39 is 0 Å². The van der Waals surface area contributed by atoms with E-state index in [1.54, 1.807) is 0 Å². The fraction of sp³-hybridized carbons (Fsp3) is 0.538. The number of hydrogen-bond acceptors (Lipinski definition) is 2. The minimum atomic E-state index is 0.375. The monoisotopic (exact) mass is 208 g/mol. The quantitative estimate of drug-likeness (QED) is 0.585. The maximum atomic E-state index is 8.82. The highest BCUT2D eigenvalue weighted by molar-refractivity contribution is 5.42. The predicted octanol–water partition coefficient (Wildman–Crippen LogP) is 4.00. The van der Waals surface area contributed by atoms with Crippen LogP contribution < -0.4 is 4.89 Å². The van der Waals surface area contributed by atoms with Gasteiger partial charge in [0.25, 0.3) is 0 Å². The Morgan fingerprint density at radius 3 is 2.60 bits per heavy atom. The summed E-state index contributed by atoms with van der Waals surface area (Å²) in [5.41, 5.74) is 2.42. The van der Waals surface area contributed by atoms with Crippen LogP contribution in [0.2, 0.25) is 0 Å². The molecule has 1 rings (SSSR count). The topological polar surface area (TPSA) is 29.5 Å². The molecule has 84 valence electrons. The van der Waals surface area contributed by atoms with E-state index in [0.717, 1.165) is 12.0 Å². The van der Waals surface area contributed by atoms with Crippen molar-refractivity contribution in [3.63, 3.8) is 0 Å². The first-order valence-corrected chi connectivity index (χ1v) is 5.63. The lowest BCUT2D eigenvalue weighted by Gasteiger charge is -2.15. The van der Waals surface area contributed by atoms with Crippen molar-refractivity contribution in [3.05, 3.63) is 29.3 Å². The van der Waals surface area contributed by atoms with Crippen LogP contribution in [0.25, 0.3) is 0 Å². The summed E-state index contributed by atoms with van der Waals surface area (Å²) in [6.07, 6.45) is 3.41. The van der Waals surface area contributed by atoms with Gasteiger partial charge in [0.1, 0.15) is 0 Å². The third-order valence-corrected chi connectivity index (χ3v) is 2.63. The first-order valence-electron chi connectivity index (χ1n) is 5.63. The molecular weight excluding hydrogens is 188 g/mol. The van der Waals surface area contributed by atoms with Gasteiger partial charge in [-0.3, -0.25) is 0 Å². The molecule has 0 bridgehead atoms. The van der Waals surface area contributed by atoms with Gasteiger partial charge >= 0.3 is 0 Å². The molecule has 2 nitrogen and oxygen atoms in total. The Balaban J connectivity index is 3.02. The average molecular weight is 208 g/mol. The molecule has 0 amide bonds. The minimum absolute atomic E-state index is 0.375. The largest absolute Gasteiger partial charge is 0.340 e. The zero-order valence-electron chi connectivity index (χ0n) is 9.79. The summed E-state index contributed by atoms with van der Waals surface area (Å²) in [5, 5.41) is 8.82. The van der Waals surface area contributed by atoms with Crippen LogP contribution in [0.3, 0.4) is 0 Å². The first-order chi connectivity index (χ1) is 7.20. The fourth-order valence-electron chi connectivity index (χ4n) is 1.91. The molecule has 0 saturated carbocycles. The van der Waals surface area contributed by atoms with Crippen molar-refractivity contribution in [3.8, 4) is 5.75 Å². The standard InChI is InChI=1S/C13H20O2/c1-4-5-7-11-8-6-9-12(15-14)13(11)10(2)3/h6,8-10,14H,4-5,7H2,1-3H3. The van der Waals surface area contributed by atoms with Gasteiger partial charge in [-0.1, -0.05) is 39.3 Å². The minimum Gasteiger partial charge on any atom is -0.340 e. The molecule has 0 radical (unpaired) electrons. The van der Waals surface area contributed by atoms with E-state index in [1.165, 1.54) is 18.4 Å². The summed E-state index contributed by atoms with van der Waals surface area (Å²) in [7, 11) is 0. The van der Waals surface area contributed by atoms with Crippen molar-refractivity contribution in [2.75, 3.05) is 0 Å². The molecule has 0 aromatic heterocycles. The molecule has 0 unspecified atom stereocenters. The number of hydrogen-bond donors (Lipinski definition) is 1. The summed E-state index contributed by atoms with van der Waals surface area (Å²) in [5.74, 6) is 0.971. The van der Waals surface area contributed by atoms with Gasteiger partial charge in [-0.15, -0.1) is 0 Å². The molecule has 0 saturated heterocycles. The Hall–Kier alpha value is -1.02. The van der Waals surface area contributed by atoms with Crippen LogP contribution >= 0.6 is 0 Å². The van der Waals surface area contributed by atoms with Gasteiger partial charge in [0.05, 0.1) is 0 Å². The van der Waals surface area contributed by atoms with E-state index >= 15 is 0 Å². The van der Waals surface area contributed by atoms with Gasteiger partial charge in [0.15, 0.2) is 5.75 Å². The van der Waals surface area contributed by atoms with Crippen LogP contribution in [-0.2, 0) is 6.42 Å². The second-order valence-electron chi connectivity index (χ2n) is 4.18. The van der Waals surface area contributed by atoms with Crippen molar-refractivity contribution < 1.29 is 10.1 Å². The van der Waals surface area contributed by atoms with Crippen LogP contribution in [0.1, 0.15) is 50.7 Å². The summed E-state index contributed by atoms with van der Waals surface area (Å²) in [6, 6.07) is 5.86. The maximum Gasteiger partial charge on any atom is 0.168 e. The zero-order valence-corrected chi connectivity index (χ0v) is 9.79. The molecule has 2 heteroatoms. The molecule has 1 aromatic carbocycles. The lowest BCUT2D eigenvalue weighted by Crippen LogP contribution is -2.00. The van der Waals surface area contributed by atoms with Gasteiger partial charge in [-0.25, -0.2) is 5.26 Å². The van der Waals surface area contributed by atoms with Gasteiger partial charge < -0.3 is 4.89 Å². The van der Waals surface area contributed by atoms with Gasteiger partial charge in [0, 0.05) is 5.56 Å². The number of benzene rings is 1. The van der Waals surface area contributed by atoms with E-state index in [0.29, 0.717) is 11.7 Å². The molecular formula is C13H20O2. The van der Waals surface area contributed by atoms with Crippen molar-refractivity contribution in [1.29, 1.82) is 0 Å². The van der Waals surface area contributed by atoms with Crippen molar-refractivity contribution in [1.82, 2.24) is 0 Å². The molecule has 0 atom stereocenters. The van der Waals surface area contributed by atoms with E-state index in [2.05, 4.69) is 31.7 Å². The summed E-state index contributed by atoms with van der Waals surface area (Å²) in [4.78, 5) is 4.43. The third-order valence-electron chi connectivity index (χ3n) is 2.63. The lowest BCUT2D eigenvalue weighted by molar-refractivity contribution is -0.138. The van der Waals surface area contributed by atoms with Crippen LogP contribution in [0.4, 0.5) is 0 Å². The Morgan fingerprint density at radius 2 is 2.07 bits per heavy atom.